The second-order valence-corrected chi connectivity index (χ2v) is 4.76. The van der Waals surface area contributed by atoms with Crippen molar-refractivity contribution >= 4 is 31.2 Å². The summed E-state index contributed by atoms with van der Waals surface area (Å²) in [7, 11) is 0. The van der Waals surface area contributed by atoms with Gasteiger partial charge < -0.3 is 10.6 Å². The summed E-state index contributed by atoms with van der Waals surface area (Å²) in [5.41, 5.74) is 0.0579. The molecule has 3 nitrogen and oxygen atoms in total. The van der Waals surface area contributed by atoms with Gasteiger partial charge in [-0.15, -0.1) is 0 Å². The Labute approximate surface area is 97.2 Å². The zero-order chi connectivity index (χ0) is 11.0. The van der Waals surface area contributed by atoms with E-state index in [1.807, 2.05) is 0 Å². The summed E-state index contributed by atoms with van der Waals surface area (Å²) in [5.74, 6) is 1.54. The van der Waals surface area contributed by atoms with Crippen LogP contribution in [0.3, 0.4) is 0 Å². The van der Waals surface area contributed by atoms with Gasteiger partial charge in [-0.3, -0.25) is 4.79 Å². The normalized spacial score (nSPS) is 11.4. The minimum absolute atomic E-state index is 0.0293. The average Bonchev–Trinajstić information content (AvgIpc) is 2.16. The maximum atomic E-state index is 11.3. The first-order valence-electron chi connectivity index (χ1n) is 4.71. The number of rotatable bonds is 7. The molecule has 1 amide bonds. The Balaban J connectivity index is 3.53. The van der Waals surface area contributed by atoms with Crippen LogP contribution < -0.4 is 10.6 Å². The van der Waals surface area contributed by atoms with Gasteiger partial charge >= 0.3 is 0 Å². The molecule has 0 aromatic rings. The second-order valence-electron chi connectivity index (χ2n) is 4.00. The molecule has 0 aromatic heterocycles. The first-order chi connectivity index (χ1) is 6.52. The Kier molecular flexibility index (Phi) is 7.49. The fourth-order valence-electron chi connectivity index (χ4n) is 0.737. The molecule has 0 fully saturated rings. The van der Waals surface area contributed by atoms with E-state index in [1.54, 1.807) is 0 Å². The van der Waals surface area contributed by atoms with Crippen LogP contribution in [0.4, 0.5) is 0 Å². The fourth-order valence-corrected chi connectivity index (χ4v) is 1.01. The predicted octanol–water partition coefficient (Wildman–Crippen LogP) is 0.578. The molecule has 0 rings (SSSR count). The lowest BCUT2D eigenvalue weighted by Crippen LogP contribution is -2.40. The molecule has 0 aromatic carbocycles. The largest absolute Gasteiger partial charge is 0.354 e. The zero-order valence-electron chi connectivity index (χ0n) is 8.84. The van der Waals surface area contributed by atoms with Crippen molar-refractivity contribution in [3.05, 3.63) is 0 Å². The first-order valence-corrected chi connectivity index (χ1v) is 5.97. The number of hydrogen-bond donors (Lipinski definition) is 4. The van der Waals surface area contributed by atoms with Crippen LogP contribution >= 0.6 is 25.3 Å². The van der Waals surface area contributed by atoms with Crippen molar-refractivity contribution < 1.29 is 4.79 Å². The van der Waals surface area contributed by atoms with Crippen molar-refractivity contribution in [2.75, 3.05) is 31.1 Å². The molecule has 0 radical (unpaired) electrons. The lowest BCUT2D eigenvalue weighted by atomic mass is 9.96. The van der Waals surface area contributed by atoms with Crippen molar-refractivity contribution in [1.29, 1.82) is 0 Å². The monoisotopic (exact) mass is 236 g/mol. The molecule has 14 heavy (non-hydrogen) atoms. The Morgan fingerprint density at radius 3 is 2.50 bits per heavy atom. The van der Waals surface area contributed by atoms with Crippen molar-refractivity contribution in [1.82, 2.24) is 10.6 Å². The minimum atomic E-state index is 0.0293. The van der Waals surface area contributed by atoms with Crippen LogP contribution in [0, 0.1) is 5.41 Å². The second kappa shape index (κ2) is 7.43. The zero-order valence-corrected chi connectivity index (χ0v) is 10.6. The van der Waals surface area contributed by atoms with E-state index in [1.165, 1.54) is 0 Å². The molecule has 0 aliphatic rings. The van der Waals surface area contributed by atoms with E-state index in [9.17, 15) is 4.79 Å². The van der Waals surface area contributed by atoms with Gasteiger partial charge in [0.2, 0.25) is 5.91 Å². The van der Waals surface area contributed by atoms with E-state index in [2.05, 4.69) is 49.7 Å². The summed E-state index contributed by atoms with van der Waals surface area (Å²) in [6.45, 7) is 5.93. The molecule has 5 heteroatoms. The molecule has 0 saturated carbocycles. The van der Waals surface area contributed by atoms with Gasteiger partial charge in [-0.2, -0.15) is 25.3 Å². The van der Waals surface area contributed by atoms with Crippen molar-refractivity contribution in [2.24, 2.45) is 5.41 Å². The predicted molar refractivity (Wildman–Crippen MR) is 67.4 cm³/mol. The van der Waals surface area contributed by atoms with Gasteiger partial charge in [0.1, 0.15) is 0 Å². The van der Waals surface area contributed by atoms with Gasteiger partial charge in [0, 0.05) is 18.8 Å². The number of carbonyl (C=O) groups is 1. The van der Waals surface area contributed by atoms with Crippen molar-refractivity contribution in [3.63, 3.8) is 0 Å². The molecule has 0 bridgehead atoms. The maximum absolute atomic E-state index is 11.3. The molecule has 0 aliphatic carbocycles. The maximum Gasteiger partial charge on any atom is 0.233 e. The van der Waals surface area contributed by atoms with Crippen LogP contribution in [0.15, 0.2) is 0 Å². The Hall–Kier alpha value is 0.130. The van der Waals surface area contributed by atoms with Gasteiger partial charge in [-0.1, -0.05) is 13.8 Å². The third-order valence-electron chi connectivity index (χ3n) is 1.77. The summed E-state index contributed by atoms with van der Waals surface area (Å²) >= 11 is 8.24. The molecular weight excluding hydrogens is 216 g/mol. The smallest absolute Gasteiger partial charge is 0.233 e. The molecule has 84 valence electrons. The first kappa shape index (κ1) is 14.1. The summed E-state index contributed by atoms with van der Waals surface area (Å²) in [5, 5.41) is 5.84. The Bertz CT molecular complexity index is 174. The van der Waals surface area contributed by atoms with Crippen LogP contribution in [0.2, 0.25) is 0 Å². The van der Waals surface area contributed by atoms with E-state index < -0.39 is 0 Å². The van der Waals surface area contributed by atoms with Gasteiger partial charge in [0.05, 0.1) is 6.54 Å². The van der Waals surface area contributed by atoms with E-state index in [0.717, 1.165) is 18.1 Å². The topological polar surface area (TPSA) is 41.1 Å². The van der Waals surface area contributed by atoms with E-state index in [4.69, 9.17) is 0 Å². The molecule has 0 heterocycles. The summed E-state index contributed by atoms with van der Waals surface area (Å²) in [6.07, 6.45) is 0. The average molecular weight is 236 g/mol. The van der Waals surface area contributed by atoms with E-state index in [-0.39, 0.29) is 11.3 Å². The Morgan fingerprint density at radius 1 is 1.36 bits per heavy atom. The molecule has 0 spiro atoms. The highest BCUT2D eigenvalue weighted by molar-refractivity contribution is 7.80. The molecule has 0 atom stereocenters. The third kappa shape index (κ3) is 7.53. The van der Waals surface area contributed by atoms with Crippen molar-refractivity contribution in [2.45, 2.75) is 13.8 Å². The Morgan fingerprint density at radius 2 is 2.00 bits per heavy atom. The molecule has 0 unspecified atom stereocenters. The van der Waals surface area contributed by atoms with Crippen LogP contribution in [-0.2, 0) is 4.79 Å². The summed E-state index contributed by atoms with van der Waals surface area (Å²) < 4.78 is 0. The lowest BCUT2D eigenvalue weighted by Gasteiger charge is -2.22. The highest BCUT2D eigenvalue weighted by Crippen LogP contribution is 2.14. The third-order valence-corrected chi connectivity index (χ3v) is 2.85. The van der Waals surface area contributed by atoms with Gasteiger partial charge in [-0.05, 0) is 11.2 Å². The fraction of sp³-hybridized carbons (Fsp3) is 0.889. The number of hydrogen-bond acceptors (Lipinski definition) is 4. The summed E-state index contributed by atoms with van der Waals surface area (Å²) in [6, 6.07) is 0. The van der Waals surface area contributed by atoms with Gasteiger partial charge in [-0.25, -0.2) is 0 Å². The van der Waals surface area contributed by atoms with E-state index >= 15 is 0 Å². The highest BCUT2D eigenvalue weighted by atomic mass is 32.1. The minimum Gasteiger partial charge on any atom is -0.354 e. The molecule has 0 saturated heterocycles. The van der Waals surface area contributed by atoms with Crippen molar-refractivity contribution in [3.8, 4) is 0 Å². The van der Waals surface area contributed by atoms with Crippen LogP contribution in [0.5, 0.6) is 0 Å². The number of thiol groups is 2. The molecule has 2 N–H and O–H groups in total. The highest BCUT2D eigenvalue weighted by Gasteiger charge is 2.16. The van der Waals surface area contributed by atoms with Crippen LogP contribution in [0.25, 0.3) is 0 Å². The summed E-state index contributed by atoms with van der Waals surface area (Å²) in [4.78, 5) is 11.3. The number of amides is 1. The van der Waals surface area contributed by atoms with Crippen LogP contribution in [0.1, 0.15) is 13.8 Å². The standard InChI is InChI=1S/C9H20N2OS2/c1-9(2,7-14)6-11-8(12)5-10-3-4-13/h10,13-14H,3-7H2,1-2H3,(H,11,12). The SMILES string of the molecule is CC(C)(CS)CNC(=O)CNCCS. The number of carbonyl (C=O) groups excluding carboxylic acids is 1. The number of nitrogens with one attached hydrogen (secondary N) is 2. The van der Waals surface area contributed by atoms with Gasteiger partial charge in [0.25, 0.3) is 0 Å². The molecular formula is C9H20N2OS2. The van der Waals surface area contributed by atoms with E-state index in [0.29, 0.717) is 13.1 Å². The van der Waals surface area contributed by atoms with Gasteiger partial charge in [0.15, 0.2) is 0 Å². The van der Waals surface area contributed by atoms with Crippen LogP contribution in [-0.4, -0.2) is 37.0 Å². The molecule has 0 aliphatic heterocycles. The lowest BCUT2D eigenvalue weighted by molar-refractivity contribution is -0.120. The quantitative estimate of drug-likeness (QED) is 0.386.